The van der Waals surface area contributed by atoms with E-state index in [1.165, 1.54) is 31.4 Å². The maximum atomic E-state index is 12.4. The van der Waals surface area contributed by atoms with Crippen molar-refractivity contribution in [2.45, 2.75) is 45.4 Å². The summed E-state index contributed by atoms with van der Waals surface area (Å²) in [7, 11) is 0. The second-order valence-electron chi connectivity index (χ2n) is 8.15. The third kappa shape index (κ3) is 6.51. The van der Waals surface area contributed by atoms with Gasteiger partial charge in [0.1, 0.15) is 0 Å². The van der Waals surface area contributed by atoms with Crippen molar-refractivity contribution in [3.05, 3.63) is 24.3 Å². The van der Waals surface area contributed by atoms with Crippen LogP contribution in [0, 0.1) is 5.92 Å². The molecule has 0 aliphatic carbocycles. The summed E-state index contributed by atoms with van der Waals surface area (Å²) in [4.78, 5) is 28.1. The average molecular weight is 387 g/mol. The third-order valence-electron chi connectivity index (χ3n) is 5.84. The number of benzene rings is 1. The van der Waals surface area contributed by atoms with Crippen molar-refractivity contribution in [1.82, 2.24) is 10.2 Å². The van der Waals surface area contributed by atoms with Crippen molar-refractivity contribution in [3.63, 3.8) is 0 Å². The molecule has 2 N–H and O–H groups in total. The second-order valence-corrected chi connectivity index (χ2v) is 8.15. The van der Waals surface area contributed by atoms with Crippen molar-refractivity contribution in [2.24, 2.45) is 5.92 Å². The lowest BCUT2D eigenvalue weighted by Crippen LogP contribution is -2.41. The summed E-state index contributed by atoms with van der Waals surface area (Å²) < 4.78 is 0. The highest BCUT2D eigenvalue weighted by Crippen LogP contribution is 2.22. The Morgan fingerprint density at radius 2 is 1.61 bits per heavy atom. The van der Waals surface area contributed by atoms with Crippen LogP contribution in [0.25, 0.3) is 0 Å². The first-order chi connectivity index (χ1) is 13.6. The van der Waals surface area contributed by atoms with Gasteiger partial charge in [0, 0.05) is 37.9 Å². The lowest BCUT2D eigenvalue weighted by atomic mass is 9.97. The highest BCUT2D eigenvalue weighted by Gasteiger charge is 2.21. The van der Waals surface area contributed by atoms with Gasteiger partial charge in [0.15, 0.2) is 0 Å². The number of nitrogens with zero attached hydrogens (tertiary/aromatic N) is 2. The van der Waals surface area contributed by atoms with Gasteiger partial charge in [-0.25, -0.2) is 0 Å². The van der Waals surface area contributed by atoms with Crippen molar-refractivity contribution in [2.75, 3.05) is 49.5 Å². The summed E-state index contributed by atoms with van der Waals surface area (Å²) >= 11 is 0. The first kappa shape index (κ1) is 20.6. The van der Waals surface area contributed by atoms with Gasteiger partial charge in [-0.05, 0) is 69.0 Å². The molecule has 0 bridgehead atoms. The van der Waals surface area contributed by atoms with Crippen LogP contribution in [-0.2, 0) is 9.59 Å². The standard InChI is InChI=1S/C22H34N4O2/c1-18(27)23-16-19-10-14-25(15-11-19)17-22(28)24-20-6-8-21(9-7-20)26-12-4-2-3-5-13-26/h6-9,19H,2-5,10-17H2,1H3,(H,23,27)(H,24,28). The molecule has 1 aromatic rings. The van der Waals surface area contributed by atoms with Crippen LogP contribution in [0.2, 0.25) is 0 Å². The maximum absolute atomic E-state index is 12.4. The Labute approximate surface area is 168 Å². The summed E-state index contributed by atoms with van der Waals surface area (Å²) in [5.41, 5.74) is 2.12. The van der Waals surface area contributed by atoms with E-state index in [0.717, 1.165) is 51.3 Å². The monoisotopic (exact) mass is 386 g/mol. The number of hydrogen-bond donors (Lipinski definition) is 2. The van der Waals surface area contributed by atoms with Crippen LogP contribution < -0.4 is 15.5 Å². The lowest BCUT2D eigenvalue weighted by Gasteiger charge is -2.31. The highest BCUT2D eigenvalue weighted by molar-refractivity contribution is 5.92. The van der Waals surface area contributed by atoms with E-state index < -0.39 is 0 Å². The van der Waals surface area contributed by atoms with Crippen LogP contribution in [0.1, 0.15) is 45.4 Å². The molecule has 154 valence electrons. The van der Waals surface area contributed by atoms with Crippen LogP contribution in [0.4, 0.5) is 11.4 Å². The molecule has 1 aromatic carbocycles. The van der Waals surface area contributed by atoms with E-state index >= 15 is 0 Å². The molecule has 6 heteroatoms. The predicted octanol–water partition coefficient (Wildman–Crippen LogP) is 2.85. The second kappa shape index (κ2) is 10.5. The highest BCUT2D eigenvalue weighted by atomic mass is 16.2. The van der Waals surface area contributed by atoms with Gasteiger partial charge >= 0.3 is 0 Å². The molecule has 0 aromatic heterocycles. The van der Waals surface area contributed by atoms with Crippen molar-refractivity contribution < 1.29 is 9.59 Å². The molecule has 6 nitrogen and oxygen atoms in total. The molecule has 0 radical (unpaired) electrons. The molecular weight excluding hydrogens is 352 g/mol. The Kier molecular flexibility index (Phi) is 7.71. The first-order valence-electron chi connectivity index (χ1n) is 10.7. The molecule has 2 saturated heterocycles. The van der Waals surface area contributed by atoms with E-state index in [9.17, 15) is 9.59 Å². The molecule has 0 unspecified atom stereocenters. The minimum absolute atomic E-state index is 0.0312. The quantitative estimate of drug-likeness (QED) is 0.789. The fourth-order valence-corrected chi connectivity index (χ4v) is 4.12. The van der Waals surface area contributed by atoms with Crippen LogP contribution in [0.15, 0.2) is 24.3 Å². The minimum Gasteiger partial charge on any atom is -0.372 e. The summed E-state index contributed by atoms with van der Waals surface area (Å²) in [5.74, 6) is 0.598. The van der Waals surface area contributed by atoms with E-state index in [0.29, 0.717) is 12.5 Å². The van der Waals surface area contributed by atoms with Gasteiger partial charge in [-0.1, -0.05) is 12.8 Å². The van der Waals surface area contributed by atoms with Crippen LogP contribution >= 0.6 is 0 Å². The fourth-order valence-electron chi connectivity index (χ4n) is 4.12. The lowest BCUT2D eigenvalue weighted by molar-refractivity contribution is -0.119. The largest absolute Gasteiger partial charge is 0.372 e. The van der Waals surface area contributed by atoms with Gasteiger partial charge in [0.05, 0.1) is 6.54 Å². The molecule has 0 spiro atoms. The number of hydrogen-bond acceptors (Lipinski definition) is 4. The normalized spacial score (nSPS) is 19.1. The number of carbonyl (C=O) groups is 2. The SMILES string of the molecule is CC(=O)NCC1CCN(CC(=O)Nc2ccc(N3CCCCCC3)cc2)CC1. The van der Waals surface area contributed by atoms with Crippen LogP contribution in [0.3, 0.4) is 0 Å². The molecule has 0 saturated carbocycles. The number of amides is 2. The van der Waals surface area contributed by atoms with Crippen LogP contribution in [-0.4, -0.2) is 56.0 Å². The van der Waals surface area contributed by atoms with Crippen molar-refractivity contribution in [3.8, 4) is 0 Å². The summed E-state index contributed by atoms with van der Waals surface area (Å²) in [6, 6.07) is 8.26. The molecule has 2 fully saturated rings. The Morgan fingerprint density at radius 1 is 0.964 bits per heavy atom. The number of piperidine rings is 1. The number of anilines is 2. The third-order valence-corrected chi connectivity index (χ3v) is 5.84. The van der Waals surface area contributed by atoms with E-state index in [1.807, 2.05) is 12.1 Å². The van der Waals surface area contributed by atoms with Gasteiger partial charge in [-0.3, -0.25) is 14.5 Å². The molecule has 28 heavy (non-hydrogen) atoms. The van der Waals surface area contributed by atoms with Crippen molar-refractivity contribution >= 4 is 23.2 Å². The molecule has 2 aliphatic heterocycles. The number of nitrogens with one attached hydrogen (secondary N) is 2. The topological polar surface area (TPSA) is 64.7 Å². The maximum Gasteiger partial charge on any atom is 0.238 e. The Morgan fingerprint density at radius 3 is 2.21 bits per heavy atom. The minimum atomic E-state index is 0.0312. The van der Waals surface area contributed by atoms with Gasteiger partial charge in [-0.2, -0.15) is 0 Å². The average Bonchev–Trinajstić information content (AvgIpc) is 2.97. The van der Waals surface area contributed by atoms with Gasteiger partial charge in [0.25, 0.3) is 0 Å². The number of carbonyl (C=O) groups excluding carboxylic acids is 2. The molecule has 2 amide bonds. The molecule has 2 heterocycles. The van der Waals surface area contributed by atoms with Gasteiger partial charge in [0.2, 0.25) is 11.8 Å². The zero-order valence-corrected chi connectivity index (χ0v) is 17.1. The zero-order valence-electron chi connectivity index (χ0n) is 17.1. The smallest absolute Gasteiger partial charge is 0.238 e. The summed E-state index contributed by atoms with van der Waals surface area (Å²) in [5, 5.41) is 5.92. The Hall–Kier alpha value is -2.08. The van der Waals surface area contributed by atoms with E-state index in [1.54, 1.807) is 6.92 Å². The zero-order chi connectivity index (χ0) is 19.8. The fraction of sp³-hybridized carbons (Fsp3) is 0.636. The summed E-state index contributed by atoms with van der Waals surface area (Å²) in [6.45, 7) is 6.81. The Bertz CT molecular complexity index is 630. The van der Waals surface area contributed by atoms with Crippen molar-refractivity contribution in [1.29, 1.82) is 0 Å². The number of likely N-dealkylation sites (tertiary alicyclic amines) is 1. The van der Waals surface area contributed by atoms with Gasteiger partial charge in [-0.15, -0.1) is 0 Å². The predicted molar refractivity (Wildman–Crippen MR) is 114 cm³/mol. The Balaban J connectivity index is 1.40. The van der Waals surface area contributed by atoms with E-state index in [2.05, 4.69) is 32.6 Å². The molecular formula is C22H34N4O2. The van der Waals surface area contributed by atoms with E-state index in [4.69, 9.17) is 0 Å². The van der Waals surface area contributed by atoms with Crippen LogP contribution in [0.5, 0.6) is 0 Å². The van der Waals surface area contributed by atoms with Gasteiger partial charge < -0.3 is 15.5 Å². The molecule has 0 atom stereocenters. The molecule has 3 rings (SSSR count). The summed E-state index contributed by atoms with van der Waals surface area (Å²) in [6.07, 6.45) is 7.24. The first-order valence-corrected chi connectivity index (χ1v) is 10.7. The molecule has 2 aliphatic rings. The van der Waals surface area contributed by atoms with E-state index in [-0.39, 0.29) is 11.8 Å². The number of rotatable bonds is 6.